The van der Waals surface area contributed by atoms with Crippen molar-refractivity contribution in [3.8, 4) is 0 Å². The van der Waals surface area contributed by atoms with Gasteiger partial charge in [-0.15, -0.1) is 0 Å². The first-order valence-electron chi connectivity index (χ1n) is 8.30. The summed E-state index contributed by atoms with van der Waals surface area (Å²) in [6, 6.07) is 12.8. The van der Waals surface area contributed by atoms with E-state index in [2.05, 4.69) is 20.9 Å². The number of rotatable bonds is 6. The summed E-state index contributed by atoms with van der Waals surface area (Å²) in [5.74, 6) is 0.558. The van der Waals surface area contributed by atoms with Gasteiger partial charge in [0.25, 0.3) is 5.91 Å². The predicted molar refractivity (Wildman–Crippen MR) is 108 cm³/mol. The molecule has 0 heterocycles. The van der Waals surface area contributed by atoms with E-state index in [1.54, 1.807) is 25.2 Å². The summed E-state index contributed by atoms with van der Waals surface area (Å²) in [6.45, 7) is 3.71. The van der Waals surface area contributed by atoms with Crippen molar-refractivity contribution in [3.63, 3.8) is 0 Å². The van der Waals surface area contributed by atoms with Gasteiger partial charge in [0.05, 0.1) is 6.54 Å². The van der Waals surface area contributed by atoms with E-state index >= 15 is 0 Å². The highest BCUT2D eigenvalue weighted by Gasteiger charge is 2.05. The lowest BCUT2D eigenvalue weighted by atomic mass is 10.1. The van der Waals surface area contributed by atoms with Gasteiger partial charge in [-0.2, -0.15) is 0 Å². The van der Waals surface area contributed by atoms with Crippen LogP contribution in [-0.4, -0.2) is 25.5 Å². The lowest BCUT2D eigenvalue weighted by Gasteiger charge is -2.12. The van der Waals surface area contributed by atoms with Crippen molar-refractivity contribution < 1.29 is 4.79 Å². The molecule has 0 saturated carbocycles. The van der Waals surface area contributed by atoms with Crippen LogP contribution in [0, 0.1) is 0 Å². The second-order valence-electron chi connectivity index (χ2n) is 5.56. The van der Waals surface area contributed by atoms with E-state index in [-0.39, 0.29) is 5.91 Å². The molecule has 0 atom stereocenters. The third-order valence-electron chi connectivity index (χ3n) is 3.64. The number of hydrogen-bond donors (Lipinski definition) is 3. The fourth-order valence-corrected chi connectivity index (χ4v) is 2.79. The number of guanidine groups is 1. The molecular weight excluding hydrogens is 371 g/mol. The number of carbonyl (C=O) groups excluding carboxylic acids is 1. The maximum atomic E-state index is 11.7. The van der Waals surface area contributed by atoms with E-state index in [0.717, 1.165) is 17.7 Å². The molecule has 0 saturated heterocycles. The summed E-state index contributed by atoms with van der Waals surface area (Å²) >= 11 is 12.1. The molecule has 0 aliphatic heterocycles. The maximum Gasteiger partial charge on any atom is 0.251 e. The van der Waals surface area contributed by atoms with Crippen LogP contribution in [0.4, 0.5) is 0 Å². The third kappa shape index (κ3) is 5.93. The fourth-order valence-electron chi connectivity index (χ4n) is 2.31. The Bertz CT molecular complexity index is 793. The molecule has 0 unspecified atom stereocenters. The van der Waals surface area contributed by atoms with Crippen LogP contribution in [0.1, 0.15) is 28.4 Å². The largest absolute Gasteiger partial charge is 0.357 e. The molecule has 0 bridgehead atoms. The Kier molecular flexibility index (Phi) is 7.75. The zero-order valence-corrected chi connectivity index (χ0v) is 16.3. The standard InChI is InChI=1S/C19H22Cl2N4O/c1-3-23-19(25-12-15-7-8-16(20)10-17(15)21)24-11-13-5-4-6-14(9-13)18(26)22-2/h4-10H,3,11-12H2,1-2H3,(H,22,26)(H2,23,24,25). The zero-order valence-electron chi connectivity index (χ0n) is 14.8. The second-order valence-corrected chi connectivity index (χ2v) is 6.41. The third-order valence-corrected chi connectivity index (χ3v) is 4.23. The molecule has 3 N–H and O–H groups in total. The number of carbonyl (C=O) groups is 1. The summed E-state index contributed by atoms with van der Waals surface area (Å²) in [7, 11) is 1.61. The highest BCUT2D eigenvalue weighted by Crippen LogP contribution is 2.20. The average molecular weight is 393 g/mol. The van der Waals surface area contributed by atoms with Crippen molar-refractivity contribution in [2.75, 3.05) is 13.6 Å². The minimum absolute atomic E-state index is 0.113. The SMILES string of the molecule is CCNC(=NCc1cccc(C(=O)NC)c1)NCc1ccc(Cl)cc1Cl. The predicted octanol–water partition coefficient (Wildman–Crippen LogP) is 3.61. The lowest BCUT2D eigenvalue weighted by Crippen LogP contribution is -2.36. The number of hydrogen-bond acceptors (Lipinski definition) is 2. The Labute approximate surface area is 163 Å². The van der Waals surface area contributed by atoms with Crippen molar-refractivity contribution in [3.05, 3.63) is 69.2 Å². The molecule has 2 aromatic rings. The van der Waals surface area contributed by atoms with Gasteiger partial charge in [-0.05, 0) is 42.3 Å². The minimum atomic E-state index is -0.113. The summed E-state index contributed by atoms with van der Waals surface area (Å²) < 4.78 is 0. The Morgan fingerprint density at radius 3 is 2.62 bits per heavy atom. The van der Waals surface area contributed by atoms with Gasteiger partial charge < -0.3 is 16.0 Å². The molecule has 26 heavy (non-hydrogen) atoms. The molecular formula is C19H22Cl2N4O. The minimum Gasteiger partial charge on any atom is -0.357 e. The van der Waals surface area contributed by atoms with Gasteiger partial charge in [0.1, 0.15) is 0 Å². The summed E-state index contributed by atoms with van der Waals surface area (Å²) in [5, 5.41) is 10.3. The quantitative estimate of drug-likeness (QED) is 0.519. The Hall–Kier alpha value is -2.24. The number of benzene rings is 2. The zero-order chi connectivity index (χ0) is 18.9. The first kappa shape index (κ1) is 20.1. The number of nitrogens with one attached hydrogen (secondary N) is 3. The molecule has 2 aromatic carbocycles. The number of nitrogens with zero attached hydrogens (tertiary/aromatic N) is 1. The van der Waals surface area contributed by atoms with Crippen LogP contribution in [0.5, 0.6) is 0 Å². The molecule has 2 rings (SSSR count). The van der Waals surface area contributed by atoms with Crippen molar-refractivity contribution in [1.29, 1.82) is 0 Å². The Morgan fingerprint density at radius 2 is 1.92 bits per heavy atom. The van der Waals surface area contributed by atoms with Gasteiger partial charge in [0.15, 0.2) is 5.96 Å². The maximum absolute atomic E-state index is 11.7. The summed E-state index contributed by atoms with van der Waals surface area (Å²) in [4.78, 5) is 16.3. The van der Waals surface area contributed by atoms with Crippen LogP contribution >= 0.6 is 23.2 Å². The fraction of sp³-hybridized carbons (Fsp3) is 0.263. The highest BCUT2D eigenvalue weighted by molar-refractivity contribution is 6.35. The number of halogens is 2. The lowest BCUT2D eigenvalue weighted by molar-refractivity contribution is 0.0963. The molecule has 0 spiro atoms. The molecule has 0 aliphatic rings. The Morgan fingerprint density at radius 1 is 1.12 bits per heavy atom. The summed E-state index contributed by atoms with van der Waals surface area (Å²) in [5.41, 5.74) is 2.50. The topological polar surface area (TPSA) is 65.5 Å². The Balaban J connectivity index is 2.05. The average Bonchev–Trinajstić information content (AvgIpc) is 2.64. The molecule has 0 fully saturated rings. The highest BCUT2D eigenvalue weighted by atomic mass is 35.5. The van der Waals surface area contributed by atoms with Gasteiger partial charge in [-0.25, -0.2) is 4.99 Å². The molecule has 0 radical (unpaired) electrons. The molecule has 0 aliphatic carbocycles. The number of amides is 1. The van der Waals surface area contributed by atoms with Crippen LogP contribution in [0.15, 0.2) is 47.5 Å². The van der Waals surface area contributed by atoms with E-state index in [1.165, 1.54) is 0 Å². The molecule has 5 nitrogen and oxygen atoms in total. The van der Waals surface area contributed by atoms with Crippen LogP contribution in [-0.2, 0) is 13.1 Å². The molecule has 1 amide bonds. The van der Waals surface area contributed by atoms with E-state index in [9.17, 15) is 4.79 Å². The van der Waals surface area contributed by atoms with Crippen molar-refractivity contribution in [2.45, 2.75) is 20.0 Å². The van der Waals surface area contributed by atoms with Gasteiger partial charge in [0, 0.05) is 35.7 Å². The van der Waals surface area contributed by atoms with Crippen molar-refractivity contribution in [1.82, 2.24) is 16.0 Å². The van der Waals surface area contributed by atoms with Gasteiger partial charge >= 0.3 is 0 Å². The molecule has 7 heteroatoms. The van der Waals surface area contributed by atoms with Crippen LogP contribution in [0.3, 0.4) is 0 Å². The monoisotopic (exact) mass is 392 g/mol. The van der Waals surface area contributed by atoms with Gasteiger partial charge in [-0.3, -0.25) is 4.79 Å². The first-order valence-corrected chi connectivity index (χ1v) is 9.06. The van der Waals surface area contributed by atoms with Crippen molar-refractivity contribution in [2.24, 2.45) is 4.99 Å². The van der Waals surface area contributed by atoms with Crippen LogP contribution in [0.25, 0.3) is 0 Å². The van der Waals surface area contributed by atoms with E-state index < -0.39 is 0 Å². The normalized spacial score (nSPS) is 11.2. The molecule has 138 valence electrons. The summed E-state index contributed by atoms with van der Waals surface area (Å²) in [6.07, 6.45) is 0. The van der Waals surface area contributed by atoms with Crippen LogP contribution < -0.4 is 16.0 Å². The first-order chi connectivity index (χ1) is 12.5. The molecule has 0 aromatic heterocycles. The van der Waals surface area contributed by atoms with Gasteiger partial charge in [-0.1, -0.05) is 41.4 Å². The number of aliphatic imine (C=N–C) groups is 1. The van der Waals surface area contributed by atoms with E-state index in [4.69, 9.17) is 23.2 Å². The van der Waals surface area contributed by atoms with Crippen LogP contribution in [0.2, 0.25) is 10.0 Å². The van der Waals surface area contributed by atoms with E-state index in [0.29, 0.717) is 34.7 Å². The van der Waals surface area contributed by atoms with E-state index in [1.807, 2.05) is 31.2 Å². The smallest absolute Gasteiger partial charge is 0.251 e. The second kappa shape index (κ2) is 10.0. The van der Waals surface area contributed by atoms with Gasteiger partial charge in [0.2, 0.25) is 0 Å². The van der Waals surface area contributed by atoms with Crippen molar-refractivity contribution >= 4 is 35.1 Å².